The van der Waals surface area contributed by atoms with E-state index in [-0.39, 0.29) is 23.8 Å². The van der Waals surface area contributed by atoms with Crippen LogP contribution in [-0.4, -0.2) is 49.6 Å². The molecule has 0 atom stereocenters. The Hall–Kier alpha value is -3.47. The number of halogens is 1. The van der Waals surface area contributed by atoms with E-state index in [0.717, 1.165) is 35.1 Å². The van der Waals surface area contributed by atoms with Gasteiger partial charge < -0.3 is 10.2 Å². The smallest absolute Gasteiger partial charge is 0.271 e. The van der Waals surface area contributed by atoms with Crippen molar-refractivity contribution in [2.75, 3.05) is 36.4 Å². The van der Waals surface area contributed by atoms with Crippen molar-refractivity contribution in [3.05, 3.63) is 76.8 Å². The zero-order chi connectivity index (χ0) is 25.0. The van der Waals surface area contributed by atoms with Crippen LogP contribution in [0.1, 0.15) is 12.8 Å². The highest BCUT2D eigenvalue weighted by Gasteiger charge is 2.14. The number of non-ortho nitro benzene ring substituents is 1. The summed E-state index contributed by atoms with van der Waals surface area (Å²) < 4.78 is 27.4. The molecule has 0 aliphatic carbocycles. The normalized spacial score (nSPS) is 11.4. The van der Waals surface area contributed by atoms with E-state index >= 15 is 0 Å². The SMILES string of the molecule is CN(C)CCCCS(=O)(=O)Nc1ccc(Nc2c3ccccc3nc3cc([N+](=O)[O-])ccc23)cc1.Cl. The van der Waals surface area contributed by atoms with Gasteiger partial charge in [0.05, 0.1) is 27.4 Å². The molecule has 0 saturated carbocycles. The summed E-state index contributed by atoms with van der Waals surface area (Å²) in [5, 5.41) is 16.2. The van der Waals surface area contributed by atoms with Gasteiger partial charge in [-0.05, 0) is 69.9 Å². The Kier molecular flexibility index (Phi) is 8.67. The van der Waals surface area contributed by atoms with Crippen LogP contribution in [0.2, 0.25) is 0 Å². The first-order valence-corrected chi connectivity index (χ1v) is 12.9. The van der Waals surface area contributed by atoms with E-state index in [4.69, 9.17) is 0 Å². The van der Waals surface area contributed by atoms with E-state index in [1.807, 2.05) is 43.3 Å². The molecule has 4 rings (SSSR count). The lowest BCUT2D eigenvalue weighted by atomic mass is 10.1. The minimum absolute atomic E-state index is 0. The molecular formula is C25H28ClN5O4S. The molecule has 0 radical (unpaired) electrons. The molecule has 2 N–H and O–H groups in total. The lowest BCUT2D eigenvalue weighted by Crippen LogP contribution is -2.19. The number of nitro groups is 1. The van der Waals surface area contributed by atoms with Gasteiger partial charge in [0, 0.05) is 34.3 Å². The second-order valence-electron chi connectivity index (χ2n) is 8.60. The summed E-state index contributed by atoms with van der Waals surface area (Å²) in [6.07, 6.45) is 1.40. The largest absolute Gasteiger partial charge is 0.354 e. The van der Waals surface area contributed by atoms with Crippen LogP contribution in [0.25, 0.3) is 21.8 Å². The van der Waals surface area contributed by atoms with E-state index in [1.54, 1.807) is 30.3 Å². The lowest BCUT2D eigenvalue weighted by molar-refractivity contribution is -0.384. The summed E-state index contributed by atoms with van der Waals surface area (Å²) in [5.41, 5.74) is 3.21. The maximum absolute atomic E-state index is 12.4. The van der Waals surface area contributed by atoms with E-state index in [2.05, 4.69) is 15.0 Å². The van der Waals surface area contributed by atoms with Crippen molar-refractivity contribution < 1.29 is 13.3 Å². The molecule has 36 heavy (non-hydrogen) atoms. The highest BCUT2D eigenvalue weighted by atomic mass is 35.5. The number of hydrogen-bond acceptors (Lipinski definition) is 7. The molecule has 3 aromatic carbocycles. The highest BCUT2D eigenvalue weighted by Crippen LogP contribution is 2.34. The minimum atomic E-state index is -3.43. The van der Waals surface area contributed by atoms with E-state index in [1.165, 1.54) is 12.1 Å². The van der Waals surface area contributed by atoms with E-state index < -0.39 is 14.9 Å². The van der Waals surface area contributed by atoms with E-state index in [9.17, 15) is 18.5 Å². The molecule has 0 amide bonds. The molecular weight excluding hydrogens is 502 g/mol. The third-order valence-corrected chi connectivity index (χ3v) is 6.94. The van der Waals surface area contributed by atoms with Crippen molar-refractivity contribution in [1.29, 1.82) is 0 Å². The van der Waals surface area contributed by atoms with Crippen LogP contribution >= 0.6 is 12.4 Å². The number of rotatable bonds is 10. The van der Waals surface area contributed by atoms with Gasteiger partial charge in [0.1, 0.15) is 0 Å². The van der Waals surface area contributed by atoms with Crippen LogP contribution in [0.5, 0.6) is 0 Å². The monoisotopic (exact) mass is 529 g/mol. The third-order valence-electron chi connectivity index (χ3n) is 5.57. The molecule has 0 fully saturated rings. The topological polar surface area (TPSA) is 117 Å². The molecule has 0 spiro atoms. The van der Waals surface area contributed by atoms with Gasteiger partial charge >= 0.3 is 0 Å². The number of aromatic nitrogens is 1. The summed E-state index contributed by atoms with van der Waals surface area (Å²) >= 11 is 0. The standard InChI is InChI=1S/C25H27N5O4S.ClH/c1-29(2)15-5-6-16-35(33,34)28-19-11-9-18(10-12-19)26-25-21-7-3-4-8-23(21)27-24-17-20(30(31)32)13-14-22(24)25;/h3-4,7-14,17,28H,5-6,15-16H2,1-2H3,(H,26,27);1H. The van der Waals surface area contributed by atoms with Crippen LogP contribution in [-0.2, 0) is 10.0 Å². The van der Waals surface area contributed by atoms with Crippen molar-refractivity contribution in [1.82, 2.24) is 9.88 Å². The first kappa shape index (κ1) is 27.1. The Morgan fingerprint density at radius 2 is 1.58 bits per heavy atom. The Balaban J connectivity index is 0.00000361. The predicted octanol–water partition coefficient (Wildman–Crippen LogP) is 5.55. The molecule has 190 valence electrons. The zero-order valence-corrected chi connectivity index (χ0v) is 21.6. The van der Waals surface area contributed by atoms with Crippen molar-refractivity contribution in [3.63, 3.8) is 0 Å². The molecule has 4 aromatic rings. The van der Waals surface area contributed by atoms with Gasteiger partial charge in [-0.2, -0.15) is 0 Å². The van der Waals surface area contributed by atoms with Gasteiger partial charge in [-0.25, -0.2) is 13.4 Å². The summed E-state index contributed by atoms with van der Waals surface area (Å²) in [4.78, 5) is 17.4. The number of benzene rings is 3. The zero-order valence-electron chi connectivity index (χ0n) is 20.0. The predicted molar refractivity (Wildman–Crippen MR) is 148 cm³/mol. The van der Waals surface area contributed by atoms with Gasteiger partial charge in [-0.1, -0.05) is 18.2 Å². The van der Waals surface area contributed by atoms with Gasteiger partial charge in [0.2, 0.25) is 10.0 Å². The van der Waals surface area contributed by atoms with Gasteiger partial charge in [-0.3, -0.25) is 14.8 Å². The van der Waals surface area contributed by atoms with Gasteiger partial charge in [-0.15, -0.1) is 12.4 Å². The average molecular weight is 530 g/mol. The fourth-order valence-corrected chi connectivity index (χ4v) is 5.03. The Morgan fingerprint density at radius 1 is 0.917 bits per heavy atom. The summed E-state index contributed by atoms with van der Waals surface area (Å²) in [6.45, 7) is 0.849. The maximum atomic E-state index is 12.4. The number of pyridine rings is 1. The molecule has 1 heterocycles. The number of fused-ring (bicyclic) bond motifs is 2. The second-order valence-corrected chi connectivity index (χ2v) is 10.4. The summed E-state index contributed by atoms with van der Waals surface area (Å²) in [7, 11) is 0.499. The van der Waals surface area contributed by atoms with Crippen molar-refractivity contribution >= 4 is 67.0 Å². The number of unbranched alkanes of at least 4 members (excludes halogenated alkanes) is 1. The molecule has 1 aromatic heterocycles. The Morgan fingerprint density at radius 3 is 2.28 bits per heavy atom. The molecule has 0 saturated heterocycles. The maximum Gasteiger partial charge on any atom is 0.271 e. The summed E-state index contributed by atoms with van der Waals surface area (Å²) in [6, 6.07) is 19.2. The molecule has 11 heteroatoms. The Bertz CT molecular complexity index is 1480. The van der Waals surface area contributed by atoms with Crippen LogP contribution in [0, 0.1) is 10.1 Å². The second kappa shape index (κ2) is 11.5. The van der Waals surface area contributed by atoms with Crippen molar-refractivity contribution in [3.8, 4) is 0 Å². The number of nitrogens with zero attached hydrogens (tertiary/aromatic N) is 3. The third kappa shape index (κ3) is 6.60. The number of sulfonamides is 1. The summed E-state index contributed by atoms with van der Waals surface area (Å²) in [5.74, 6) is 0.0714. The van der Waals surface area contributed by atoms with Gasteiger partial charge in [0.25, 0.3) is 5.69 Å². The van der Waals surface area contributed by atoms with Gasteiger partial charge in [0.15, 0.2) is 0 Å². The van der Waals surface area contributed by atoms with Crippen LogP contribution < -0.4 is 10.0 Å². The van der Waals surface area contributed by atoms with Crippen LogP contribution in [0.15, 0.2) is 66.7 Å². The molecule has 0 bridgehead atoms. The average Bonchev–Trinajstić information content (AvgIpc) is 2.82. The number of nitrogens with one attached hydrogen (secondary N) is 2. The van der Waals surface area contributed by atoms with Crippen LogP contribution in [0.3, 0.4) is 0 Å². The molecule has 0 aliphatic heterocycles. The first-order valence-electron chi connectivity index (χ1n) is 11.2. The fourth-order valence-electron chi connectivity index (χ4n) is 3.85. The number of hydrogen-bond donors (Lipinski definition) is 2. The number of anilines is 3. The quantitative estimate of drug-likeness (QED) is 0.120. The first-order chi connectivity index (χ1) is 16.7. The fraction of sp³-hybridized carbons (Fsp3) is 0.240. The Labute approximate surface area is 216 Å². The van der Waals surface area contributed by atoms with Crippen molar-refractivity contribution in [2.24, 2.45) is 0 Å². The molecule has 9 nitrogen and oxygen atoms in total. The van der Waals surface area contributed by atoms with Crippen molar-refractivity contribution in [2.45, 2.75) is 12.8 Å². The molecule has 0 unspecified atom stereocenters. The number of nitro benzene ring substituents is 1. The minimum Gasteiger partial charge on any atom is -0.354 e. The van der Waals surface area contributed by atoms with E-state index in [0.29, 0.717) is 23.1 Å². The molecule has 0 aliphatic rings. The lowest BCUT2D eigenvalue weighted by Gasteiger charge is -2.14. The highest BCUT2D eigenvalue weighted by molar-refractivity contribution is 7.92. The number of para-hydroxylation sites is 1. The van der Waals surface area contributed by atoms with Crippen LogP contribution in [0.4, 0.5) is 22.7 Å².